The number of nitro benzene ring substituents is 1. The summed E-state index contributed by atoms with van der Waals surface area (Å²) in [7, 11) is 0. The quantitative estimate of drug-likeness (QED) is 0.313. The number of hydrogen-bond acceptors (Lipinski definition) is 6. The van der Waals surface area contributed by atoms with E-state index in [0.717, 1.165) is 34.9 Å². The van der Waals surface area contributed by atoms with Gasteiger partial charge in [0.15, 0.2) is 0 Å². The topological polar surface area (TPSA) is 92.5 Å². The van der Waals surface area contributed by atoms with E-state index in [1.807, 2.05) is 24.0 Å². The lowest BCUT2D eigenvalue weighted by atomic mass is 10.0. The van der Waals surface area contributed by atoms with Crippen molar-refractivity contribution >= 4 is 29.0 Å². The minimum absolute atomic E-state index is 0.0643. The van der Waals surface area contributed by atoms with Crippen molar-refractivity contribution in [3.63, 3.8) is 0 Å². The van der Waals surface area contributed by atoms with E-state index in [0.29, 0.717) is 43.2 Å². The van der Waals surface area contributed by atoms with Crippen LogP contribution in [0, 0.1) is 17.0 Å². The fourth-order valence-electron chi connectivity index (χ4n) is 4.34. The molecule has 0 unspecified atom stereocenters. The van der Waals surface area contributed by atoms with Gasteiger partial charge in [0.1, 0.15) is 11.6 Å². The molecule has 1 aliphatic heterocycles. The van der Waals surface area contributed by atoms with Crippen LogP contribution in [0.3, 0.4) is 0 Å². The molecule has 2 heterocycles. The summed E-state index contributed by atoms with van der Waals surface area (Å²) in [6.07, 6.45) is 1.50. The Morgan fingerprint density at radius 3 is 2.36 bits per heavy atom. The van der Waals surface area contributed by atoms with E-state index in [-0.39, 0.29) is 17.5 Å². The average molecular weight is 508 g/mol. The number of nitrogens with zero attached hydrogens (tertiary/aromatic N) is 5. The molecule has 1 saturated heterocycles. The third-order valence-electron chi connectivity index (χ3n) is 6.76. The molecule has 1 aromatic heterocycles. The maximum absolute atomic E-state index is 13.0. The number of non-ortho nitro benzene ring substituents is 1. The van der Waals surface area contributed by atoms with Gasteiger partial charge in [0.2, 0.25) is 0 Å². The van der Waals surface area contributed by atoms with Crippen molar-refractivity contribution in [3.8, 4) is 0 Å². The van der Waals surface area contributed by atoms with Crippen LogP contribution in [-0.4, -0.2) is 51.9 Å². The van der Waals surface area contributed by atoms with Crippen molar-refractivity contribution in [1.82, 2.24) is 14.9 Å². The zero-order chi connectivity index (χ0) is 25.8. The summed E-state index contributed by atoms with van der Waals surface area (Å²) in [5.74, 6) is 1.84. The van der Waals surface area contributed by atoms with Crippen molar-refractivity contribution in [2.75, 3.05) is 31.1 Å². The van der Waals surface area contributed by atoms with Crippen LogP contribution in [0.15, 0.2) is 48.5 Å². The molecule has 0 N–H and O–H groups in total. The highest BCUT2D eigenvalue weighted by Gasteiger charge is 2.27. The second-order valence-corrected chi connectivity index (χ2v) is 9.55. The molecule has 1 fully saturated rings. The number of benzene rings is 2. The van der Waals surface area contributed by atoms with Crippen molar-refractivity contribution in [3.05, 3.63) is 91.9 Å². The number of halogens is 1. The number of nitro groups is 1. The van der Waals surface area contributed by atoms with Gasteiger partial charge in [-0.3, -0.25) is 14.9 Å². The van der Waals surface area contributed by atoms with Crippen LogP contribution in [0.1, 0.15) is 59.2 Å². The lowest BCUT2D eigenvalue weighted by molar-refractivity contribution is -0.384. The second-order valence-electron chi connectivity index (χ2n) is 9.14. The summed E-state index contributed by atoms with van der Waals surface area (Å²) < 4.78 is 0. The number of carbonyl (C=O) groups excluding carboxylic acids is 1. The van der Waals surface area contributed by atoms with Gasteiger partial charge in [-0.05, 0) is 31.0 Å². The Balaban J connectivity index is 1.59. The maximum Gasteiger partial charge on any atom is 0.269 e. The van der Waals surface area contributed by atoms with E-state index in [4.69, 9.17) is 21.6 Å². The monoisotopic (exact) mass is 507 g/mol. The molecular weight excluding hydrogens is 478 g/mol. The van der Waals surface area contributed by atoms with E-state index in [9.17, 15) is 14.9 Å². The predicted octanol–water partition coefficient (Wildman–Crippen LogP) is 5.41. The minimum atomic E-state index is -0.395. The third-order valence-corrected chi connectivity index (χ3v) is 7.09. The van der Waals surface area contributed by atoms with Gasteiger partial charge in [-0.2, -0.15) is 0 Å². The molecule has 2 aromatic carbocycles. The Kier molecular flexibility index (Phi) is 7.84. The van der Waals surface area contributed by atoms with Crippen LogP contribution in [0.5, 0.6) is 0 Å². The molecule has 0 spiro atoms. The van der Waals surface area contributed by atoms with Gasteiger partial charge in [-0.1, -0.05) is 49.7 Å². The molecule has 0 aliphatic carbocycles. The first-order chi connectivity index (χ1) is 17.3. The highest BCUT2D eigenvalue weighted by Crippen LogP contribution is 2.29. The highest BCUT2D eigenvalue weighted by atomic mass is 35.5. The minimum Gasteiger partial charge on any atom is -0.353 e. The van der Waals surface area contributed by atoms with E-state index < -0.39 is 4.92 Å². The molecule has 0 radical (unpaired) electrons. The van der Waals surface area contributed by atoms with Gasteiger partial charge < -0.3 is 9.80 Å². The summed E-state index contributed by atoms with van der Waals surface area (Å²) >= 11 is 6.25. The molecule has 188 valence electrons. The van der Waals surface area contributed by atoms with Gasteiger partial charge in [-0.25, -0.2) is 9.97 Å². The molecular formula is C27H30ClN5O3. The van der Waals surface area contributed by atoms with Gasteiger partial charge >= 0.3 is 0 Å². The van der Waals surface area contributed by atoms with Crippen LogP contribution < -0.4 is 4.90 Å². The van der Waals surface area contributed by atoms with E-state index in [2.05, 4.69) is 18.7 Å². The maximum atomic E-state index is 13.0. The number of carbonyl (C=O) groups is 1. The average Bonchev–Trinajstić information content (AvgIpc) is 2.89. The van der Waals surface area contributed by atoms with Gasteiger partial charge in [0.25, 0.3) is 11.6 Å². The third kappa shape index (κ3) is 5.49. The SMILES string of the molecule is CC[C@H](C)c1nc(C)c(Cc2ccc([N+](=O)[O-])cc2)c(N2CCN(C(=O)c3ccccc3Cl)CC2)n1. The summed E-state index contributed by atoms with van der Waals surface area (Å²) in [4.78, 5) is 37.5. The molecule has 36 heavy (non-hydrogen) atoms. The van der Waals surface area contributed by atoms with Crippen LogP contribution in [0.25, 0.3) is 0 Å². The standard InChI is InChI=1S/C27H30ClN5O3/c1-4-18(2)25-29-19(3)23(17-20-9-11-21(12-10-20)33(35)36)26(30-25)31-13-15-32(16-14-31)27(34)22-7-5-6-8-24(22)28/h5-12,18H,4,13-17H2,1-3H3/t18-/m0/s1. The first kappa shape index (κ1) is 25.6. The van der Waals surface area contributed by atoms with Crippen LogP contribution in [-0.2, 0) is 6.42 Å². The molecule has 0 saturated carbocycles. The number of piperazine rings is 1. The van der Waals surface area contributed by atoms with Crippen LogP contribution >= 0.6 is 11.6 Å². The van der Waals surface area contributed by atoms with E-state index >= 15 is 0 Å². The highest BCUT2D eigenvalue weighted by molar-refractivity contribution is 6.33. The lowest BCUT2D eigenvalue weighted by Gasteiger charge is -2.37. The number of hydrogen-bond donors (Lipinski definition) is 0. The molecule has 4 rings (SSSR count). The van der Waals surface area contributed by atoms with E-state index in [1.165, 1.54) is 12.1 Å². The molecule has 1 atom stereocenters. The van der Waals surface area contributed by atoms with Crippen LogP contribution in [0.4, 0.5) is 11.5 Å². The fraction of sp³-hybridized carbons (Fsp3) is 0.370. The number of aromatic nitrogens is 2. The van der Waals surface area contributed by atoms with Gasteiger partial charge in [-0.15, -0.1) is 0 Å². The Hall–Kier alpha value is -3.52. The summed E-state index contributed by atoms with van der Waals surface area (Å²) in [5.41, 5.74) is 3.45. The normalized spacial score (nSPS) is 14.6. The summed E-state index contributed by atoms with van der Waals surface area (Å²) in [6, 6.07) is 13.7. The van der Waals surface area contributed by atoms with Crippen LogP contribution in [0.2, 0.25) is 5.02 Å². The first-order valence-corrected chi connectivity index (χ1v) is 12.6. The zero-order valence-electron chi connectivity index (χ0n) is 20.8. The molecule has 0 bridgehead atoms. The zero-order valence-corrected chi connectivity index (χ0v) is 21.5. The van der Waals surface area contributed by atoms with Gasteiger partial charge in [0.05, 0.1) is 15.5 Å². The van der Waals surface area contributed by atoms with E-state index in [1.54, 1.807) is 24.3 Å². The molecule has 8 nitrogen and oxygen atoms in total. The largest absolute Gasteiger partial charge is 0.353 e. The smallest absolute Gasteiger partial charge is 0.269 e. The van der Waals surface area contributed by atoms with Crippen molar-refractivity contribution in [2.24, 2.45) is 0 Å². The number of amides is 1. The molecule has 1 aliphatic rings. The first-order valence-electron chi connectivity index (χ1n) is 12.2. The lowest BCUT2D eigenvalue weighted by Crippen LogP contribution is -2.49. The summed E-state index contributed by atoms with van der Waals surface area (Å²) in [6.45, 7) is 8.63. The van der Waals surface area contributed by atoms with Crippen molar-refractivity contribution in [2.45, 2.75) is 39.5 Å². The van der Waals surface area contributed by atoms with Crippen molar-refractivity contribution < 1.29 is 9.72 Å². The molecule has 9 heteroatoms. The summed E-state index contributed by atoms with van der Waals surface area (Å²) in [5, 5.41) is 11.5. The fourth-order valence-corrected chi connectivity index (χ4v) is 4.56. The molecule has 1 amide bonds. The number of rotatable bonds is 7. The number of anilines is 1. The Morgan fingerprint density at radius 2 is 1.75 bits per heavy atom. The number of aryl methyl sites for hydroxylation is 1. The molecule has 3 aromatic rings. The second kappa shape index (κ2) is 11.0. The Morgan fingerprint density at radius 1 is 1.08 bits per heavy atom. The Bertz CT molecular complexity index is 1260. The van der Waals surface area contributed by atoms with Gasteiger partial charge in [0, 0.05) is 61.9 Å². The van der Waals surface area contributed by atoms with Crippen molar-refractivity contribution in [1.29, 1.82) is 0 Å². The predicted molar refractivity (Wildman–Crippen MR) is 141 cm³/mol. The Labute approximate surface area is 216 Å².